The maximum Gasteiger partial charge on any atom is 0.244 e. The van der Waals surface area contributed by atoms with Gasteiger partial charge in [0.1, 0.15) is 4.90 Å². The minimum absolute atomic E-state index is 0.0892. The van der Waals surface area contributed by atoms with Crippen LogP contribution in [0.25, 0.3) is 0 Å². The molecule has 6 nitrogen and oxygen atoms in total. The van der Waals surface area contributed by atoms with Gasteiger partial charge in [-0.05, 0) is 30.7 Å². The zero-order valence-corrected chi connectivity index (χ0v) is 12.5. The molecule has 2 atom stereocenters. The van der Waals surface area contributed by atoms with E-state index >= 15 is 0 Å². The topological polar surface area (TPSA) is 97.1 Å². The molecule has 2 rings (SSSR count). The molecule has 1 fully saturated rings. The monoisotopic (exact) mass is 298 g/mol. The van der Waals surface area contributed by atoms with E-state index in [0.29, 0.717) is 24.1 Å². The average Bonchev–Trinajstić information content (AvgIpc) is 2.45. The second kappa shape index (κ2) is 6.51. The van der Waals surface area contributed by atoms with Crippen molar-refractivity contribution >= 4 is 15.7 Å². The summed E-state index contributed by atoms with van der Waals surface area (Å²) in [6.07, 6.45) is 7.39. The van der Waals surface area contributed by atoms with Crippen LogP contribution in [0.15, 0.2) is 23.4 Å². The molecule has 0 aromatic carbocycles. The van der Waals surface area contributed by atoms with Crippen molar-refractivity contribution < 1.29 is 8.42 Å². The molecule has 20 heavy (non-hydrogen) atoms. The van der Waals surface area contributed by atoms with Crippen LogP contribution in [0.1, 0.15) is 32.6 Å². The van der Waals surface area contributed by atoms with E-state index < -0.39 is 10.0 Å². The number of pyridine rings is 1. The Kier molecular flexibility index (Phi) is 4.95. The summed E-state index contributed by atoms with van der Waals surface area (Å²) in [6, 6.07) is 1.54. The molecule has 0 radical (unpaired) electrons. The highest BCUT2D eigenvalue weighted by atomic mass is 32.2. The number of nitrogens with one attached hydrogen (secondary N) is 2. The largest absolute Gasteiger partial charge is 0.323 e. The van der Waals surface area contributed by atoms with Crippen molar-refractivity contribution in [1.29, 1.82) is 0 Å². The third-order valence-corrected chi connectivity index (χ3v) is 5.29. The van der Waals surface area contributed by atoms with Crippen LogP contribution >= 0.6 is 0 Å². The Hall–Kier alpha value is -1.18. The number of nitrogens with two attached hydrogens (primary N) is 1. The number of sulfonamides is 1. The molecule has 1 aliphatic rings. The normalized spacial score (nSPS) is 23.5. The van der Waals surface area contributed by atoms with E-state index in [-0.39, 0.29) is 4.90 Å². The van der Waals surface area contributed by atoms with Gasteiger partial charge < -0.3 is 5.43 Å². The van der Waals surface area contributed by atoms with Gasteiger partial charge in [-0.25, -0.2) is 13.1 Å². The minimum Gasteiger partial charge on any atom is -0.323 e. The molecular formula is C13H22N4O2S. The van der Waals surface area contributed by atoms with E-state index in [1.807, 2.05) is 0 Å². The van der Waals surface area contributed by atoms with Crippen LogP contribution in [0.4, 0.5) is 5.69 Å². The van der Waals surface area contributed by atoms with Gasteiger partial charge in [-0.2, -0.15) is 0 Å². The summed E-state index contributed by atoms with van der Waals surface area (Å²) < 4.78 is 27.3. The maximum absolute atomic E-state index is 12.3. The highest BCUT2D eigenvalue weighted by molar-refractivity contribution is 7.89. The fraction of sp³-hybridized carbons (Fsp3) is 0.615. The lowest BCUT2D eigenvalue weighted by molar-refractivity contribution is 0.283. The summed E-state index contributed by atoms with van der Waals surface area (Å²) in [5, 5.41) is 0. The molecule has 0 bridgehead atoms. The average molecular weight is 298 g/mol. The van der Waals surface area contributed by atoms with Crippen molar-refractivity contribution in [3.63, 3.8) is 0 Å². The Labute approximate surface area is 120 Å². The van der Waals surface area contributed by atoms with Crippen molar-refractivity contribution in [2.75, 3.05) is 12.0 Å². The first kappa shape index (κ1) is 15.2. The smallest absolute Gasteiger partial charge is 0.244 e. The van der Waals surface area contributed by atoms with Gasteiger partial charge in [-0.1, -0.05) is 19.8 Å². The third-order valence-electron chi connectivity index (χ3n) is 3.84. The number of hydrogen-bond acceptors (Lipinski definition) is 5. The molecule has 1 saturated carbocycles. The highest BCUT2D eigenvalue weighted by Crippen LogP contribution is 2.28. The number of hydrazine groups is 1. The molecule has 4 N–H and O–H groups in total. The van der Waals surface area contributed by atoms with E-state index in [9.17, 15) is 8.42 Å². The van der Waals surface area contributed by atoms with Crippen molar-refractivity contribution in [3.05, 3.63) is 18.5 Å². The first-order chi connectivity index (χ1) is 9.53. The van der Waals surface area contributed by atoms with E-state index in [1.54, 1.807) is 0 Å². The second-order valence-electron chi connectivity index (χ2n) is 5.51. The molecule has 0 saturated heterocycles. The van der Waals surface area contributed by atoms with Gasteiger partial charge in [0, 0.05) is 18.9 Å². The maximum atomic E-state index is 12.3. The highest BCUT2D eigenvalue weighted by Gasteiger charge is 2.23. The molecule has 2 unspecified atom stereocenters. The molecule has 1 aromatic heterocycles. The molecule has 0 amide bonds. The van der Waals surface area contributed by atoms with Crippen LogP contribution in [-0.2, 0) is 10.0 Å². The van der Waals surface area contributed by atoms with Gasteiger partial charge in [-0.3, -0.25) is 10.8 Å². The van der Waals surface area contributed by atoms with Crippen molar-refractivity contribution in [1.82, 2.24) is 9.71 Å². The molecule has 1 aliphatic carbocycles. The Morgan fingerprint density at radius 3 is 2.95 bits per heavy atom. The Morgan fingerprint density at radius 1 is 1.45 bits per heavy atom. The lowest BCUT2D eigenvalue weighted by Crippen LogP contribution is -2.32. The standard InChI is InChI=1S/C13H22N4O2S/c1-10-3-2-4-11(7-10)8-16-20(18,19)13-9-15-6-5-12(13)17-14/h5-6,9-11,16H,2-4,7-8,14H2,1H3,(H,15,17). The minimum atomic E-state index is -3.57. The van der Waals surface area contributed by atoms with Crippen molar-refractivity contribution in [2.45, 2.75) is 37.5 Å². The molecule has 0 aliphatic heterocycles. The van der Waals surface area contributed by atoms with Crippen LogP contribution < -0.4 is 16.0 Å². The third kappa shape index (κ3) is 3.68. The number of hydrogen-bond donors (Lipinski definition) is 3. The van der Waals surface area contributed by atoms with Gasteiger partial charge in [0.05, 0.1) is 5.69 Å². The van der Waals surface area contributed by atoms with Crippen LogP contribution in [0.3, 0.4) is 0 Å². The van der Waals surface area contributed by atoms with Crippen LogP contribution in [0.5, 0.6) is 0 Å². The lowest BCUT2D eigenvalue weighted by Gasteiger charge is -2.26. The lowest BCUT2D eigenvalue weighted by atomic mass is 9.83. The summed E-state index contributed by atoms with van der Waals surface area (Å²) in [5.74, 6) is 6.43. The summed E-state index contributed by atoms with van der Waals surface area (Å²) in [5.41, 5.74) is 2.74. The number of anilines is 1. The zero-order valence-electron chi connectivity index (χ0n) is 11.7. The molecule has 1 heterocycles. The number of nitrogens with zero attached hydrogens (tertiary/aromatic N) is 1. The van der Waals surface area contributed by atoms with Crippen LogP contribution in [-0.4, -0.2) is 19.9 Å². The number of nitrogen functional groups attached to an aromatic ring is 1. The van der Waals surface area contributed by atoms with Crippen LogP contribution in [0.2, 0.25) is 0 Å². The molecular weight excluding hydrogens is 276 g/mol. The predicted molar refractivity (Wildman–Crippen MR) is 78.4 cm³/mol. The van der Waals surface area contributed by atoms with E-state index in [4.69, 9.17) is 5.84 Å². The fourth-order valence-corrected chi connectivity index (χ4v) is 3.99. The fourth-order valence-electron chi connectivity index (χ4n) is 2.76. The van der Waals surface area contributed by atoms with E-state index in [1.165, 1.54) is 31.3 Å². The Bertz CT molecular complexity index is 547. The molecule has 0 spiro atoms. The van der Waals surface area contributed by atoms with E-state index in [2.05, 4.69) is 22.1 Å². The Balaban J connectivity index is 2.04. The number of rotatable bonds is 5. The van der Waals surface area contributed by atoms with Gasteiger partial charge in [-0.15, -0.1) is 0 Å². The van der Waals surface area contributed by atoms with Gasteiger partial charge in [0.15, 0.2) is 0 Å². The Morgan fingerprint density at radius 2 is 2.25 bits per heavy atom. The molecule has 112 valence electrons. The summed E-state index contributed by atoms with van der Waals surface area (Å²) in [7, 11) is -3.57. The van der Waals surface area contributed by atoms with E-state index in [0.717, 1.165) is 12.8 Å². The van der Waals surface area contributed by atoms with Crippen molar-refractivity contribution in [2.24, 2.45) is 17.7 Å². The SMILES string of the molecule is CC1CCCC(CNS(=O)(=O)c2cnccc2NN)C1. The first-order valence-electron chi connectivity index (χ1n) is 6.93. The number of aromatic nitrogens is 1. The van der Waals surface area contributed by atoms with Gasteiger partial charge in [0.25, 0.3) is 0 Å². The molecule has 7 heteroatoms. The second-order valence-corrected chi connectivity index (χ2v) is 7.24. The summed E-state index contributed by atoms with van der Waals surface area (Å²) in [6.45, 7) is 2.70. The van der Waals surface area contributed by atoms with Crippen molar-refractivity contribution in [3.8, 4) is 0 Å². The predicted octanol–water partition coefficient (Wildman–Crippen LogP) is 1.47. The molecule has 1 aromatic rings. The van der Waals surface area contributed by atoms with Crippen LogP contribution in [0, 0.1) is 11.8 Å². The van der Waals surface area contributed by atoms with Gasteiger partial charge >= 0.3 is 0 Å². The summed E-state index contributed by atoms with van der Waals surface area (Å²) in [4.78, 5) is 3.94. The summed E-state index contributed by atoms with van der Waals surface area (Å²) >= 11 is 0. The zero-order chi connectivity index (χ0) is 14.6. The first-order valence-corrected chi connectivity index (χ1v) is 8.41. The quantitative estimate of drug-likeness (QED) is 0.565. The van der Waals surface area contributed by atoms with Gasteiger partial charge in [0.2, 0.25) is 10.0 Å².